The summed E-state index contributed by atoms with van der Waals surface area (Å²) in [7, 11) is 0. The third kappa shape index (κ3) is 3.00. The molecule has 7 heteroatoms. The van der Waals surface area contributed by atoms with Gasteiger partial charge < -0.3 is 24.7 Å². The van der Waals surface area contributed by atoms with Crippen molar-refractivity contribution in [1.82, 2.24) is 4.98 Å². The first kappa shape index (κ1) is 19.1. The van der Waals surface area contributed by atoms with Crippen molar-refractivity contribution in [3.8, 4) is 28.5 Å². The van der Waals surface area contributed by atoms with E-state index in [-0.39, 0.29) is 18.0 Å². The molecule has 0 aliphatic carbocycles. The average molecular weight is 429 g/mol. The molecule has 0 amide bonds. The second-order valence-corrected chi connectivity index (χ2v) is 8.89. The summed E-state index contributed by atoms with van der Waals surface area (Å²) in [5, 5.41) is 0. The minimum absolute atomic E-state index is 0.0281. The molecule has 3 aliphatic rings. The van der Waals surface area contributed by atoms with Crippen LogP contribution in [-0.4, -0.2) is 37.4 Å². The number of nitrogens with two attached hydrogens (primary N) is 1. The molecule has 3 aliphatic heterocycles. The monoisotopic (exact) mass is 429 g/mol. The highest BCUT2D eigenvalue weighted by Crippen LogP contribution is 2.51. The molecule has 4 heterocycles. The number of amidine groups is 1. The third-order valence-electron chi connectivity index (χ3n) is 6.23. The van der Waals surface area contributed by atoms with E-state index in [9.17, 15) is 0 Å². The number of pyridine rings is 1. The van der Waals surface area contributed by atoms with Crippen molar-refractivity contribution < 1.29 is 18.9 Å². The molecule has 1 spiro atoms. The molecule has 2 aromatic carbocycles. The highest BCUT2D eigenvalue weighted by molar-refractivity contribution is 5.77. The van der Waals surface area contributed by atoms with Gasteiger partial charge in [0.2, 0.25) is 5.88 Å². The fourth-order valence-electron chi connectivity index (χ4n) is 4.39. The topological polar surface area (TPSA) is 88.2 Å². The number of hydrogen-bond donors (Lipinski definition) is 1. The number of aromatic nitrogens is 1. The SMILES string of the molecule is CC1(COc2cnc3c(c2)[C@]2(COC(N)=N2)c2cc(-c4ccccc4)ccc2O3)COC1. The third-order valence-corrected chi connectivity index (χ3v) is 6.23. The Morgan fingerprint density at radius 2 is 1.84 bits per heavy atom. The molecule has 162 valence electrons. The van der Waals surface area contributed by atoms with Crippen LogP contribution in [-0.2, 0) is 15.0 Å². The molecule has 2 N–H and O–H groups in total. The first-order valence-corrected chi connectivity index (χ1v) is 10.6. The molecule has 1 aromatic heterocycles. The van der Waals surface area contributed by atoms with Crippen LogP contribution in [0.5, 0.6) is 17.4 Å². The summed E-state index contributed by atoms with van der Waals surface area (Å²) >= 11 is 0. The van der Waals surface area contributed by atoms with Crippen molar-refractivity contribution in [1.29, 1.82) is 0 Å². The van der Waals surface area contributed by atoms with Crippen molar-refractivity contribution in [2.24, 2.45) is 16.1 Å². The van der Waals surface area contributed by atoms with E-state index in [1.54, 1.807) is 6.20 Å². The van der Waals surface area contributed by atoms with E-state index in [0.29, 0.717) is 37.2 Å². The van der Waals surface area contributed by atoms with Gasteiger partial charge in [0, 0.05) is 11.0 Å². The molecular weight excluding hydrogens is 406 g/mol. The van der Waals surface area contributed by atoms with Gasteiger partial charge >= 0.3 is 0 Å². The van der Waals surface area contributed by atoms with Gasteiger partial charge in [-0.05, 0) is 29.3 Å². The number of aliphatic imine (C=N–C) groups is 1. The predicted molar refractivity (Wildman–Crippen MR) is 119 cm³/mol. The maximum absolute atomic E-state index is 6.17. The number of hydrogen-bond acceptors (Lipinski definition) is 7. The molecule has 1 atom stereocenters. The second kappa shape index (κ2) is 6.97. The van der Waals surface area contributed by atoms with E-state index < -0.39 is 5.54 Å². The van der Waals surface area contributed by atoms with Crippen LogP contribution in [0, 0.1) is 5.41 Å². The summed E-state index contributed by atoms with van der Waals surface area (Å²) in [6.07, 6.45) is 1.68. The number of ether oxygens (including phenoxy) is 4. The first-order chi connectivity index (χ1) is 15.5. The Balaban J connectivity index is 1.43. The van der Waals surface area contributed by atoms with E-state index in [1.165, 1.54) is 0 Å². The Hall–Kier alpha value is -3.58. The number of nitrogens with zero attached hydrogens (tertiary/aromatic N) is 2. The average Bonchev–Trinajstić information content (AvgIpc) is 3.19. The predicted octanol–water partition coefficient (Wildman–Crippen LogP) is 3.86. The van der Waals surface area contributed by atoms with Gasteiger partial charge in [-0.15, -0.1) is 0 Å². The smallest absolute Gasteiger partial charge is 0.283 e. The Kier molecular flexibility index (Phi) is 4.16. The molecule has 0 radical (unpaired) electrons. The molecule has 0 unspecified atom stereocenters. The number of benzene rings is 2. The Morgan fingerprint density at radius 3 is 2.56 bits per heavy atom. The van der Waals surface area contributed by atoms with Crippen molar-refractivity contribution in [2.75, 3.05) is 26.4 Å². The van der Waals surface area contributed by atoms with Gasteiger partial charge in [-0.3, -0.25) is 0 Å². The maximum atomic E-state index is 6.17. The summed E-state index contributed by atoms with van der Waals surface area (Å²) in [5.74, 6) is 1.83. The Labute approximate surface area is 185 Å². The van der Waals surface area contributed by atoms with E-state index in [0.717, 1.165) is 22.3 Å². The standard InChI is InChI=1S/C25H23N3O4/c1-24(12-29-13-24)14-30-18-10-20-22(27-11-18)32-21-8-7-17(16-5-3-2-4-6-16)9-19(21)25(20)15-31-23(26)28-25/h2-11H,12-15H2,1H3,(H2,26,28)/t25-/m0/s1. The first-order valence-electron chi connectivity index (χ1n) is 10.6. The lowest BCUT2D eigenvalue weighted by Crippen LogP contribution is -2.44. The van der Waals surface area contributed by atoms with E-state index in [2.05, 4.69) is 30.1 Å². The van der Waals surface area contributed by atoms with Crippen LogP contribution in [0.2, 0.25) is 0 Å². The van der Waals surface area contributed by atoms with Crippen LogP contribution < -0.4 is 15.2 Å². The van der Waals surface area contributed by atoms with Gasteiger partial charge in [0.1, 0.15) is 18.1 Å². The molecule has 0 saturated carbocycles. The quantitative estimate of drug-likeness (QED) is 0.678. The number of fused-ring (bicyclic) bond motifs is 4. The zero-order chi connectivity index (χ0) is 21.8. The highest BCUT2D eigenvalue weighted by atomic mass is 16.5. The molecule has 0 bridgehead atoms. The molecule has 3 aromatic rings. The van der Waals surface area contributed by atoms with E-state index in [1.807, 2.05) is 36.4 Å². The Bertz CT molecular complexity index is 1220. The van der Waals surface area contributed by atoms with Crippen LogP contribution in [0.25, 0.3) is 11.1 Å². The van der Waals surface area contributed by atoms with Crippen LogP contribution >= 0.6 is 0 Å². The fourth-order valence-corrected chi connectivity index (χ4v) is 4.39. The van der Waals surface area contributed by atoms with Crippen LogP contribution in [0.3, 0.4) is 0 Å². The van der Waals surface area contributed by atoms with Crippen molar-refractivity contribution in [3.63, 3.8) is 0 Å². The summed E-state index contributed by atoms with van der Waals surface area (Å²) in [5.41, 5.74) is 9.04. The summed E-state index contributed by atoms with van der Waals surface area (Å²) in [4.78, 5) is 9.29. The lowest BCUT2D eigenvalue weighted by atomic mass is 9.81. The molecule has 6 rings (SSSR count). The van der Waals surface area contributed by atoms with Crippen LogP contribution in [0.1, 0.15) is 18.1 Å². The minimum Gasteiger partial charge on any atom is -0.491 e. The second-order valence-electron chi connectivity index (χ2n) is 8.89. The highest BCUT2D eigenvalue weighted by Gasteiger charge is 2.48. The molecule has 1 fully saturated rings. The van der Waals surface area contributed by atoms with Crippen molar-refractivity contribution in [3.05, 3.63) is 71.9 Å². The fraction of sp³-hybridized carbons (Fsp3) is 0.280. The van der Waals surface area contributed by atoms with Gasteiger partial charge in [-0.2, -0.15) is 0 Å². The Morgan fingerprint density at radius 1 is 1.00 bits per heavy atom. The van der Waals surface area contributed by atoms with E-state index >= 15 is 0 Å². The minimum atomic E-state index is -0.840. The van der Waals surface area contributed by atoms with Crippen molar-refractivity contribution >= 4 is 6.02 Å². The zero-order valence-corrected chi connectivity index (χ0v) is 17.7. The molecule has 1 saturated heterocycles. The van der Waals surface area contributed by atoms with Gasteiger partial charge in [0.05, 0.1) is 31.6 Å². The molecule has 7 nitrogen and oxygen atoms in total. The molecule has 32 heavy (non-hydrogen) atoms. The summed E-state index contributed by atoms with van der Waals surface area (Å²) in [6.45, 7) is 4.37. The largest absolute Gasteiger partial charge is 0.491 e. The van der Waals surface area contributed by atoms with Gasteiger partial charge in [-0.1, -0.05) is 43.3 Å². The maximum Gasteiger partial charge on any atom is 0.283 e. The van der Waals surface area contributed by atoms with Gasteiger partial charge in [0.25, 0.3) is 6.02 Å². The van der Waals surface area contributed by atoms with Crippen molar-refractivity contribution in [2.45, 2.75) is 12.5 Å². The zero-order valence-electron chi connectivity index (χ0n) is 17.7. The van der Waals surface area contributed by atoms with Crippen LogP contribution in [0.4, 0.5) is 0 Å². The van der Waals surface area contributed by atoms with E-state index in [4.69, 9.17) is 29.7 Å². The van der Waals surface area contributed by atoms with Crippen LogP contribution in [0.15, 0.2) is 65.8 Å². The lowest BCUT2D eigenvalue weighted by Gasteiger charge is -2.37. The lowest BCUT2D eigenvalue weighted by molar-refractivity contribution is -0.120. The normalized spacial score (nSPS) is 22.1. The molecular formula is C25H23N3O4. The summed E-state index contributed by atoms with van der Waals surface area (Å²) < 4.78 is 23.2. The van der Waals surface area contributed by atoms with Gasteiger partial charge in [-0.25, -0.2) is 9.98 Å². The van der Waals surface area contributed by atoms with Gasteiger partial charge in [0.15, 0.2) is 5.54 Å². The summed E-state index contributed by atoms with van der Waals surface area (Å²) in [6, 6.07) is 18.4. The number of rotatable bonds is 4.